The third kappa shape index (κ3) is 3.48. The highest BCUT2D eigenvalue weighted by molar-refractivity contribution is 5.95. The first-order valence-electron chi connectivity index (χ1n) is 8.34. The Morgan fingerprint density at radius 3 is 2.19 bits per heavy atom. The molecule has 0 spiro atoms. The molecule has 1 saturated carbocycles. The number of hydrogen-bond donors (Lipinski definition) is 1. The highest BCUT2D eigenvalue weighted by Gasteiger charge is 2.41. The van der Waals surface area contributed by atoms with Crippen molar-refractivity contribution in [3.8, 4) is 0 Å². The van der Waals surface area contributed by atoms with Crippen LogP contribution in [0.1, 0.15) is 63.5 Å². The Bertz CT molecular complexity index is 496. The number of hydrogen-bond acceptors (Lipinski definition) is 1. The maximum absolute atomic E-state index is 13.0. The topological polar surface area (TPSA) is 29.1 Å². The number of anilines is 1. The molecule has 2 nitrogen and oxygen atoms in total. The van der Waals surface area contributed by atoms with Crippen LogP contribution >= 0.6 is 0 Å². The summed E-state index contributed by atoms with van der Waals surface area (Å²) >= 11 is 0. The largest absolute Gasteiger partial charge is 0.326 e. The summed E-state index contributed by atoms with van der Waals surface area (Å²) < 4.78 is 0. The molecule has 2 rings (SSSR count). The Morgan fingerprint density at radius 2 is 1.67 bits per heavy atom. The van der Waals surface area contributed by atoms with E-state index in [0.29, 0.717) is 5.92 Å². The zero-order valence-electron chi connectivity index (χ0n) is 14.0. The Morgan fingerprint density at radius 1 is 1.05 bits per heavy atom. The van der Waals surface area contributed by atoms with Crippen LogP contribution in [-0.2, 0) is 4.79 Å². The van der Waals surface area contributed by atoms with Crippen LogP contribution in [0.15, 0.2) is 18.2 Å². The zero-order chi connectivity index (χ0) is 15.5. The molecule has 0 bridgehead atoms. The number of carbonyl (C=O) groups excluding carboxylic acids is 1. The predicted molar refractivity (Wildman–Crippen MR) is 89.5 cm³/mol. The first-order chi connectivity index (χ1) is 9.95. The lowest BCUT2D eigenvalue weighted by atomic mass is 9.70. The fourth-order valence-corrected chi connectivity index (χ4v) is 3.50. The van der Waals surface area contributed by atoms with E-state index in [0.717, 1.165) is 18.5 Å². The third-order valence-corrected chi connectivity index (χ3v) is 5.32. The molecule has 0 radical (unpaired) electrons. The molecule has 1 aliphatic carbocycles. The second-order valence-electron chi connectivity index (χ2n) is 6.98. The minimum absolute atomic E-state index is 0.185. The molecule has 0 atom stereocenters. The van der Waals surface area contributed by atoms with Gasteiger partial charge in [0, 0.05) is 5.69 Å². The van der Waals surface area contributed by atoms with Crippen LogP contribution in [0, 0.1) is 25.2 Å². The van der Waals surface area contributed by atoms with Gasteiger partial charge in [-0.1, -0.05) is 45.6 Å². The van der Waals surface area contributed by atoms with Gasteiger partial charge in [-0.2, -0.15) is 0 Å². The monoisotopic (exact) mass is 287 g/mol. The second kappa shape index (κ2) is 6.64. The number of benzene rings is 1. The maximum Gasteiger partial charge on any atom is 0.230 e. The second-order valence-corrected chi connectivity index (χ2v) is 6.98. The van der Waals surface area contributed by atoms with Gasteiger partial charge in [-0.25, -0.2) is 0 Å². The lowest BCUT2D eigenvalue weighted by molar-refractivity contribution is -0.129. The molecule has 1 aliphatic rings. The van der Waals surface area contributed by atoms with Gasteiger partial charge >= 0.3 is 0 Å². The van der Waals surface area contributed by atoms with E-state index < -0.39 is 0 Å². The summed E-state index contributed by atoms with van der Waals surface area (Å²) in [6.45, 7) is 8.59. The minimum atomic E-state index is -0.185. The van der Waals surface area contributed by atoms with Gasteiger partial charge in [0.25, 0.3) is 0 Å². The molecule has 116 valence electrons. The number of nitrogens with one attached hydrogen (secondary N) is 1. The van der Waals surface area contributed by atoms with Crippen molar-refractivity contribution in [3.05, 3.63) is 29.3 Å². The van der Waals surface area contributed by atoms with E-state index in [4.69, 9.17) is 0 Å². The van der Waals surface area contributed by atoms with E-state index in [1.54, 1.807) is 0 Å². The van der Waals surface area contributed by atoms with Crippen molar-refractivity contribution in [3.63, 3.8) is 0 Å². The molecule has 0 aromatic heterocycles. The van der Waals surface area contributed by atoms with Crippen molar-refractivity contribution >= 4 is 11.6 Å². The van der Waals surface area contributed by atoms with E-state index in [1.165, 1.54) is 36.8 Å². The summed E-state index contributed by atoms with van der Waals surface area (Å²) in [5, 5.41) is 3.19. The normalized spacial score (nSPS) is 18.3. The molecule has 1 aromatic rings. The summed E-state index contributed by atoms with van der Waals surface area (Å²) in [5.41, 5.74) is 3.25. The highest BCUT2D eigenvalue weighted by Crippen LogP contribution is 2.42. The maximum atomic E-state index is 13.0. The first-order valence-corrected chi connectivity index (χ1v) is 8.34. The Labute approximate surface area is 129 Å². The minimum Gasteiger partial charge on any atom is -0.326 e. The average molecular weight is 287 g/mol. The summed E-state index contributed by atoms with van der Waals surface area (Å²) in [4.78, 5) is 13.0. The van der Waals surface area contributed by atoms with Gasteiger partial charge in [-0.05, 0) is 55.9 Å². The van der Waals surface area contributed by atoms with E-state index in [1.807, 2.05) is 6.07 Å². The van der Waals surface area contributed by atoms with Crippen molar-refractivity contribution in [2.45, 2.75) is 66.2 Å². The van der Waals surface area contributed by atoms with Gasteiger partial charge in [-0.15, -0.1) is 0 Å². The van der Waals surface area contributed by atoms with Crippen LogP contribution in [0.25, 0.3) is 0 Å². The van der Waals surface area contributed by atoms with Gasteiger partial charge in [0.15, 0.2) is 0 Å². The summed E-state index contributed by atoms with van der Waals surface area (Å²) in [6, 6.07) is 6.18. The van der Waals surface area contributed by atoms with E-state index >= 15 is 0 Å². The fraction of sp³-hybridized carbons (Fsp3) is 0.632. The Kier molecular flexibility index (Phi) is 5.08. The number of rotatable bonds is 3. The van der Waals surface area contributed by atoms with Gasteiger partial charge in [-0.3, -0.25) is 4.79 Å². The van der Waals surface area contributed by atoms with E-state index in [2.05, 4.69) is 45.1 Å². The van der Waals surface area contributed by atoms with Gasteiger partial charge in [0.05, 0.1) is 5.41 Å². The van der Waals surface area contributed by atoms with Crippen LogP contribution in [0.2, 0.25) is 0 Å². The quantitative estimate of drug-likeness (QED) is 0.757. The van der Waals surface area contributed by atoms with Crippen molar-refractivity contribution in [1.29, 1.82) is 0 Å². The van der Waals surface area contributed by atoms with Crippen LogP contribution in [0.5, 0.6) is 0 Å². The molecule has 1 aromatic carbocycles. The smallest absolute Gasteiger partial charge is 0.230 e. The molecule has 0 heterocycles. The SMILES string of the molecule is Cc1ccc(NC(=O)C2(C(C)C)CCCCCC2)cc1C. The molecule has 1 amide bonds. The molecule has 0 aliphatic heterocycles. The van der Waals surface area contributed by atoms with Crippen molar-refractivity contribution in [2.24, 2.45) is 11.3 Å². The molecule has 21 heavy (non-hydrogen) atoms. The molecule has 1 fully saturated rings. The summed E-state index contributed by atoms with van der Waals surface area (Å²) in [5.74, 6) is 0.616. The zero-order valence-corrected chi connectivity index (χ0v) is 14.0. The molecule has 1 N–H and O–H groups in total. The fourth-order valence-electron chi connectivity index (χ4n) is 3.50. The highest BCUT2D eigenvalue weighted by atomic mass is 16.2. The average Bonchev–Trinajstić information content (AvgIpc) is 2.69. The van der Waals surface area contributed by atoms with Gasteiger partial charge in [0.1, 0.15) is 0 Å². The van der Waals surface area contributed by atoms with E-state index in [9.17, 15) is 4.79 Å². The van der Waals surface area contributed by atoms with Crippen LogP contribution in [0.3, 0.4) is 0 Å². The predicted octanol–water partition coefficient (Wildman–Crippen LogP) is 5.24. The lowest BCUT2D eigenvalue weighted by Gasteiger charge is -2.35. The number of aryl methyl sites for hydroxylation is 2. The molecular formula is C19H29NO. The molecule has 0 unspecified atom stereocenters. The van der Waals surface area contributed by atoms with Crippen LogP contribution in [0.4, 0.5) is 5.69 Å². The number of carbonyl (C=O) groups is 1. The van der Waals surface area contributed by atoms with Gasteiger partial charge in [0.2, 0.25) is 5.91 Å². The number of amides is 1. The van der Waals surface area contributed by atoms with Crippen molar-refractivity contribution in [1.82, 2.24) is 0 Å². The molecular weight excluding hydrogens is 258 g/mol. The lowest BCUT2D eigenvalue weighted by Crippen LogP contribution is -2.40. The Balaban J connectivity index is 2.20. The standard InChI is InChI=1S/C19H29NO/c1-14(2)19(11-7-5-6-8-12-19)18(21)20-17-10-9-15(3)16(4)13-17/h9-10,13-14H,5-8,11-12H2,1-4H3,(H,20,21). The Hall–Kier alpha value is -1.31. The molecule has 2 heteroatoms. The third-order valence-electron chi connectivity index (χ3n) is 5.32. The summed E-state index contributed by atoms with van der Waals surface area (Å²) in [6.07, 6.45) is 6.95. The first kappa shape index (κ1) is 16.1. The van der Waals surface area contributed by atoms with Crippen LogP contribution < -0.4 is 5.32 Å². The van der Waals surface area contributed by atoms with Crippen LogP contribution in [-0.4, -0.2) is 5.91 Å². The summed E-state index contributed by atoms with van der Waals surface area (Å²) in [7, 11) is 0. The van der Waals surface area contributed by atoms with Crippen molar-refractivity contribution in [2.75, 3.05) is 5.32 Å². The van der Waals surface area contributed by atoms with Gasteiger partial charge < -0.3 is 5.32 Å². The van der Waals surface area contributed by atoms with Crippen molar-refractivity contribution < 1.29 is 4.79 Å². The molecule has 0 saturated heterocycles. The van der Waals surface area contributed by atoms with E-state index in [-0.39, 0.29) is 11.3 Å².